The second kappa shape index (κ2) is 6.91. The highest BCUT2D eigenvalue weighted by molar-refractivity contribution is 7.16. The van der Waals surface area contributed by atoms with E-state index in [1.807, 2.05) is 5.51 Å². The van der Waals surface area contributed by atoms with E-state index in [9.17, 15) is 0 Å². The molecule has 0 radical (unpaired) electrons. The van der Waals surface area contributed by atoms with E-state index >= 15 is 0 Å². The van der Waals surface area contributed by atoms with Crippen LogP contribution in [0.25, 0.3) is 10.2 Å². The summed E-state index contributed by atoms with van der Waals surface area (Å²) in [6.45, 7) is 5.94. The van der Waals surface area contributed by atoms with Crippen molar-refractivity contribution in [1.82, 2.24) is 19.9 Å². The monoisotopic (exact) mass is 356 g/mol. The average Bonchev–Trinajstić information content (AvgIpc) is 3.15. The summed E-state index contributed by atoms with van der Waals surface area (Å²) in [5.74, 6) is 0.704. The molecule has 130 valence electrons. The normalized spacial score (nSPS) is 17.0. The fourth-order valence-corrected chi connectivity index (χ4v) is 3.86. The first-order valence-corrected chi connectivity index (χ1v) is 9.17. The number of rotatable bonds is 4. The minimum Gasteiger partial charge on any atom is -0.338 e. The van der Waals surface area contributed by atoms with Crippen LogP contribution in [0.3, 0.4) is 0 Å². The van der Waals surface area contributed by atoms with Crippen LogP contribution in [-0.4, -0.2) is 51.2 Å². The number of nitrogens with one attached hydrogen (secondary N) is 1. The summed E-state index contributed by atoms with van der Waals surface area (Å²) in [4.78, 5) is 17.7. The second-order valence-electron chi connectivity index (χ2n) is 6.16. The van der Waals surface area contributed by atoms with Crippen LogP contribution < -0.4 is 10.4 Å². The van der Waals surface area contributed by atoms with Crippen LogP contribution in [-0.2, 0) is 0 Å². The molecule has 8 heteroatoms. The van der Waals surface area contributed by atoms with Gasteiger partial charge in [0.25, 0.3) is 0 Å². The van der Waals surface area contributed by atoms with E-state index in [-0.39, 0.29) is 0 Å². The maximum Gasteiger partial charge on any atom is 0.225 e. The van der Waals surface area contributed by atoms with Crippen molar-refractivity contribution < 1.29 is 5.21 Å². The third kappa shape index (κ3) is 3.28. The van der Waals surface area contributed by atoms with Crippen molar-refractivity contribution in [3.05, 3.63) is 41.7 Å². The van der Waals surface area contributed by atoms with Gasteiger partial charge in [0.15, 0.2) is 0 Å². The molecule has 1 aliphatic heterocycles. The Balaban J connectivity index is 1.41. The number of hydrogen-bond acceptors (Lipinski definition) is 8. The molecular weight excluding hydrogens is 336 g/mol. The van der Waals surface area contributed by atoms with Crippen molar-refractivity contribution in [2.75, 3.05) is 36.6 Å². The molecule has 0 aliphatic carbocycles. The molecule has 1 unspecified atom stereocenters. The summed E-state index contributed by atoms with van der Waals surface area (Å²) in [7, 11) is 0. The number of benzene rings is 1. The Morgan fingerprint density at radius 3 is 2.60 bits per heavy atom. The van der Waals surface area contributed by atoms with Gasteiger partial charge in [-0.25, -0.2) is 15.0 Å². The molecule has 1 aromatic carbocycles. The summed E-state index contributed by atoms with van der Waals surface area (Å²) < 4.78 is 1.23. The summed E-state index contributed by atoms with van der Waals surface area (Å²) >= 11 is 1.68. The third-order valence-corrected chi connectivity index (χ3v) is 5.56. The molecule has 0 amide bonds. The standard InChI is InChI=1S/C17H20N6OS/c1-12(13-2-3-16-15(8-13)20-11-25-16)22-4-6-23(7-5-22)17-18-9-14(21-24)10-19-17/h2-3,8-12,21,24H,4-7H2,1H3. The zero-order valence-corrected chi connectivity index (χ0v) is 14.8. The van der Waals surface area contributed by atoms with Gasteiger partial charge in [-0.15, -0.1) is 11.3 Å². The van der Waals surface area contributed by atoms with Crippen molar-refractivity contribution >= 4 is 33.2 Å². The molecule has 1 saturated heterocycles. The van der Waals surface area contributed by atoms with E-state index < -0.39 is 0 Å². The summed E-state index contributed by atoms with van der Waals surface area (Å²) in [5, 5.41) is 8.84. The Labute approximate surface area is 149 Å². The fourth-order valence-electron chi connectivity index (χ4n) is 3.20. The molecule has 1 fully saturated rings. The van der Waals surface area contributed by atoms with Crippen LogP contribution in [0.5, 0.6) is 0 Å². The van der Waals surface area contributed by atoms with E-state index in [4.69, 9.17) is 5.21 Å². The number of piperazine rings is 1. The van der Waals surface area contributed by atoms with Gasteiger partial charge in [0.2, 0.25) is 5.95 Å². The molecule has 2 aromatic heterocycles. The zero-order valence-electron chi connectivity index (χ0n) is 14.0. The Kier molecular flexibility index (Phi) is 4.48. The van der Waals surface area contributed by atoms with E-state index in [1.165, 1.54) is 10.3 Å². The zero-order chi connectivity index (χ0) is 17.2. The van der Waals surface area contributed by atoms with Crippen molar-refractivity contribution in [1.29, 1.82) is 0 Å². The lowest BCUT2D eigenvalue weighted by molar-refractivity contribution is 0.198. The van der Waals surface area contributed by atoms with Crippen LogP contribution >= 0.6 is 11.3 Å². The quantitative estimate of drug-likeness (QED) is 0.696. The molecule has 1 aliphatic rings. The third-order valence-electron chi connectivity index (χ3n) is 4.75. The van der Waals surface area contributed by atoms with Gasteiger partial charge in [-0.2, -0.15) is 0 Å². The summed E-state index contributed by atoms with van der Waals surface area (Å²) in [5.41, 5.74) is 6.83. The lowest BCUT2D eigenvalue weighted by Crippen LogP contribution is -2.47. The SMILES string of the molecule is CC(c1ccc2scnc2c1)N1CCN(c2ncc(NO)cn2)CC1. The molecular formula is C17H20N6OS. The molecule has 0 spiro atoms. The van der Waals surface area contributed by atoms with Crippen LogP contribution in [0.4, 0.5) is 11.6 Å². The number of anilines is 2. The molecule has 3 heterocycles. The predicted octanol–water partition coefficient (Wildman–Crippen LogP) is 2.77. The minimum atomic E-state index is 0.357. The Bertz CT molecular complexity index is 844. The Morgan fingerprint density at radius 2 is 1.88 bits per heavy atom. The number of thiazole rings is 1. The second-order valence-corrected chi connectivity index (χ2v) is 7.05. The van der Waals surface area contributed by atoms with Gasteiger partial charge < -0.3 is 4.90 Å². The topological polar surface area (TPSA) is 77.4 Å². The molecule has 1 atom stereocenters. The Hall–Kier alpha value is -2.29. The van der Waals surface area contributed by atoms with Crippen molar-refractivity contribution in [3.8, 4) is 0 Å². The van der Waals surface area contributed by atoms with Gasteiger partial charge in [0.1, 0.15) is 0 Å². The van der Waals surface area contributed by atoms with E-state index in [2.05, 4.69) is 55.4 Å². The summed E-state index contributed by atoms with van der Waals surface area (Å²) in [6, 6.07) is 6.93. The smallest absolute Gasteiger partial charge is 0.225 e. The highest BCUT2D eigenvalue weighted by atomic mass is 32.1. The Morgan fingerprint density at radius 1 is 1.12 bits per heavy atom. The lowest BCUT2D eigenvalue weighted by Gasteiger charge is -2.38. The van der Waals surface area contributed by atoms with Gasteiger partial charge in [-0.3, -0.25) is 15.6 Å². The first-order valence-electron chi connectivity index (χ1n) is 8.29. The maximum atomic E-state index is 8.84. The molecule has 2 N–H and O–H groups in total. The highest BCUT2D eigenvalue weighted by Gasteiger charge is 2.23. The van der Waals surface area contributed by atoms with Crippen LogP contribution in [0.1, 0.15) is 18.5 Å². The van der Waals surface area contributed by atoms with Gasteiger partial charge in [-0.1, -0.05) is 6.07 Å². The summed E-state index contributed by atoms with van der Waals surface area (Å²) in [6.07, 6.45) is 3.17. The molecule has 7 nitrogen and oxygen atoms in total. The highest BCUT2D eigenvalue weighted by Crippen LogP contribution is 2.27. The van der Waals surface area contributed by atoms with Crippen LogP contribution in [0.2, 0.25) is 0 Å². The van der Waals surface area contributed by atoms with Crippen molar-refractivity contribution in [2.45, 2.75) is 13.0 Å². The van der Waals surface area contributed by atoms with Gasteiger partial charge in [-0.05, 0) is 24.6 Å². The van der Waals surface area contributed by atoms with Crippen molar-refractivity contribution in [2.24, 2.45) is 0 Å². The molecule has 0 bridgehead atoms. The van der Waals surface area contributed by atoms with Gasteiger partial charge >= 0.3 is 0 Å². The average molecular weight is 356 g/mol. The van der Waals surface area contributed by atoms with Gasteiger partial charge in [0.05, 0.1) is 33.8 Å². The first-order chi connectivity index (χ1) is 12.2. The fraction of sp³-hybridized carbons (Fsp3) is 0.353. The van der Waals surface area contributed by atoms with Crippen molar-refractivity contribution in [3.63, 3.8) is 0 Å². The molecule has 3 aromatic rings. The lowest BCUT2D eigenvalue weighted by atomic mass is 10.1. The van der Waals surface area contributed by atoms with Crippen LogP contribution in [0, 0.1) is 0 Å². The predicted molar refractivity (Wildman–Crippen MR) is 99.3 cm³/mol. The largest absolute Gasteiger partial charge is 0.338 e. The molecule has 25 heavy (non-hydrogen) atoms. The number of hydrogen-bond donors (Lipinski definition) is 2. The van der Waals surface area contributed by atoms with E-state index in [0.717, 1.165) is 31.7 Å². The van der Waals surface area contributed by atoms with E-state index in [0.29, 0.717) is 17.7 Å². The van der Waals surface area contributed by atoms with E-state index in [1.54, 1.807) is 23.7 Å². The maximum absolute atomic E-state index is 8.84. The first kappa shape index (κ1) is 16.2. The van der Waals surface area contributed by atoms with Gasteiger partial charge in [0, 0.05) is 32.2 Å². The number of aromatic nitrogens is 3. The molecule has 0 saturated carbocycles. The van der Waals surface area contributed by atoms with Crippen LogP contribution in [0.15, 0.2) is 36.1 Å². The minimum absolute atomic E-state index is 0.357. The molecule has 4 rings (SSSR count). The number of fused-ring (bicyclic) bond motifs is 1. The number of nitrogens with zero attached hydrogens (tertiary/aromatic N) is 5.